The van der Waals surface area contributed by atoms with Gasteiger partial charge in [0.15, 0.2) is 0 Å². The number of rotatable bonds is 52. The van der Waals surface area contributed by atoms with Crippen LogP contribution in [0.1, 0.15) is 239 Å². The normalized spacial score (nSPS) is 14.6. The van der Waals surface area contributed by atoms with E-state index >= 15 is 0 Å². The van der Waals surface area contributed by atoms with Gasteiger partial charge in [0.2, 0.25) is 5.91 Å². The Kier molecular flexibility index (Phi) is 50.4. The van der Waals surface area contributed by atoms with E-state index in [0.29, 0.717) is 17.4 Å². The Morgan fingerprint density at radius 2 is 0.859 bits per heavy atom. The molecular formula is C62H111N2O6P. The first-order chi connectivity index (χ1) is 34.5. The van der Waals surface area contributed by atoms with Gasteiger partial charge in [-0.05, 0) is 77.0 Å². The third kappa shape index (κ3) is 55.0. The number of phosphoric ester groups is 1. The van der Waals surface area contributed by atoms with Gasteiger partial charge in [-0.2, -0.15) is 0 Å². The van der Waals surface area contributed by atoms with Crippen LogP contribution >= 0.6 is 7.82 Å². The van der Waals surface area contributed by atoms with Crippen molar-refractivity contribution in [2.24, 2.45) is 0 Å². The summed E-state index contributed by atoms with van der Waals surface area (Å²) < 4.78 is 23.3. The lowest BCUT2D eigenvalue weighted by atomic mass is 10.0. The van der Waals surface area contributed by atoms with Gasteiger partial charge in [0.1, 0.15) is 13.2 Å². The molecule has 0 bridgehead atoms. The van der Waals surface area contributed by atoms with Crippen LogP contribution in [0.4, 0.5) is 0 Å². The van der Waals surface area contributed by atoms with Crippen LogP contribution in [0.5, 0.6) is 0 Å². The van der Waals surface area contributed by atoms with Crippen molar-refractivity contribution in [2.75, 3.05) is 40.9 Å². The van der Waals surface area contributed by atoms with Crippen LogP contribution in [0, 0.1) is 0 Å². The van der Waals surface area contributed by atoms with Gasteiger partial charge in [-0.25, -0.2) is 0 Å². The van der Waals surface area contributed by atoms with E-state index in [1.807, 2.05) is 27.2 Å². The summed E-state index contributed by atoms with van der Waals surface area (Å²) in [5.41, 5.74) is 0. The molecule has 1 amide bonds. The van der Waals surface area contributed by atoms with Gasteiger partial charge < -0.3 is 28.8 Å². The molecule has 0 radical (unpaired) electrons. The van der Waals surface area contributed by atoms with Crippen LogP contribution in [0.2, 0.25) is 0 Å². The van der Waals surface area contributed by atoms with E-state index < -0.39 is 20.0 Å². The van der Waals surface area contributed by atoms with Crippen molar-refractivity contribution in [3.05, 3.63) is 97.2 Å². The minimum atomic E-state index is -4.60. The lowest BCUT2D eigenvalue weighted by Crippen LogP contribution is -2.45. The summed E-state index contributed by atoms with van der Waals surface area (Å²) in [7, 11) is 1.25. The zero-order valence-corrected chi connectivity index (χ0v) is 47.5. The minimum absolute atomic E-state index is 0.00644. The van der Waals surface area contributed by atoms with Crippen LogP contribution < -0.4 is 10.2 Å². The Morgan fingerprint density at radius 1 is 0.507 bits per heavy atom. The van der Waals surface area contributed by atoms with Crippen LogP contribution in [-0.4, -0.2) is 68.5 Å². The molecule has 0 saturated heterocycles. The maximum atomic E-state index is 13.0. The summed E-state index contributed by atoms with van der Waals surface area (Å²) in [6.45, 7) is 4.53. The average Bonchev–Trinajstić information content (AvgIpc) is 3.33. The number of nitrogens with zero attached hydrogens (tertiary/aromatic N) is 1. The molecule has 2 N–H and O–H groups in total. The standard InChI is InChI=1S/C62H111N2O6P/c1-6-8-10-12-14-16-18-20-22-24-26-27-28-29-30-31-32-33-34-35-36-37-38-40-42-44-46-48-50-52-54-56-62(66)63-60(59-70-71(67,68)69-58-57-64(3,4)5)61(65)55-53-51-49-47-45-43-41-39-25-23-21-19-17-15-13-11-9-7-2/h8,10,14,16,20,22,26-27,29-30,32-33,35-36,53,55,60-61,65H,6-7,9,11-13,15,17-19,21,23-25,28,31,34,37-52,54,56-59H2,1-5H3,(H-,63,66,67,68)/b10-8-,16-14-,22-20-,27-26-,30-29-,33-32-,36-35-,55-53+. The van der Waals surface area contributed by atoms with Gasteiger partial charge in [-0.15, -0.1) is 0 Å². The summed E-state index contributed by atoms with van der Waals surface area (Å²) in [6.07, 6.45) is 74.7. The lowest BCUT2D eigenvalue weighted by molar-refractivity contribution is -0.870. The Hall–Kier alpha value is -2.58. The smallest absolute Gasteiger partial charge is 0.268 e. The van der Waals surface area contributed by atoms with Crippen LogP contribution in [0.15, 0.2) is 97.2 Å². The molecule has 0 fully saturated rings. The molecule has 0 rings (SSSR count). The summed E-state index contributed by atoms with van der Waals surface area (Å²) in [6, 6.07) is -0.896. The third-order valence-corrected chi connectivity index (χ3v) is 13.5. The van der Waals surface area contributed by atoms with Gasteiger partial charge >= 0.3 is 0 Å². The van der Waals surface area contributed by atoms with Crippen LogP contribution in [0.3, 0.4) is 0 Å². The van der Waals surface area contributed by atoms with Crippen molar-refractivity contribution in [2.45, 2.75) is 251 Å². The molecule has 8 nitrogen and oxygen atoms in total. The maximum absolute atomic E-state index is 13.0. The number of allylic oxidation sites excluding steroid dienone is 15. The number of phosphoric acid groups is 1. The molecule has 71 heavy (non-hydrogen) atoms. The van der Waals surface area contributed by atoms with Gasteiger partial charge in [0, 0.05) is 6.42 Å². The van der Waals surface area contributed by atoms with E-state index in [2.05, 4.69) is 104 Å². The molecule has 0 saturated carbocycles. The Labute approximate surface area is 439 Å². The monoisotopic (exact) mass is 1010 g/mol. The third-order valence-electron chi connectivity index (χ3n) is 12.5. The van der Waals surface area contributed by atoms with Gasteiger partial charge in [0.25, 0.3) is 7.82 Å². The maximum Gasteiger partial charge on any atom is 0.268 e. The predicted molar refractivity (Wildman–Crippen MR) is 306 cm³/mol. The van der Waals surface area contributed by atoms with E-state index in [1.165, 1.54) is 128 Å². The van der Waals surface area contributed by atoms with Crippen molar-refractivity contribution < 1.29 is 32.9 Å². The molecule has 0 aliphatic heterocycles. The van der Waals surface area contributed by atoms with Crippen molar-refractivity contribution in [3.8, 4) is 0 Å². The summed E-state index contributed by atoms with van der Waals surface area (Å²) in [5.74, 6) is -0.207. The topological polar surface area (TPSA) is 108 Å². The number of nitrogens with one attached hydrogen (secondary N) is 1. The molecule has 9 heteroatoms. The van der Waals surface area contributed by atoms with Gasteiger partial charge in [0.05, 0.1) is 39.9 Å². The van der Waals surface area contributed by atoms with E-state index in [4.69, 9.17) is 9.05 Å². The summed E-state index contributed by atoms with van der Waals surface area (Å²) in [4.78, 5) is 25.5. The molecular weight excluding hydrogens is 900 g/mol. The fourth-order valence-electron chi connectivity index (χ4n) is 8.02. The number of hydrogen-bond donors (Lipinski definition) is 2. The molecule has 3 atom stereocenters. The quantitative estimate of drug-likeness (QED) is 0.0272. The number of likely N-dealkylation sites (N-methyl/N-ethyl adjacent to an activating group) is 1. The van der Waals surface area contributed by atoms with Gasteiger partial charge in [-0.3, -0.25) is 9.36 Å². The summed E-state index contributed by atoms with van der Waals surface area (Å²) >= 11 is 0. The number of hydrogen-bond acceptors (Lipinski definition) is 6. The first kappa shape index (κ1) is 68.4. The van der Waals surface area contributed by atoms with Crippen molar-refractivity contribution in [1.82, 2.24) is 5.32 Å². The van der Waals surface area contributed by atoms with E-state index in [9.17, 15) is 19.4 Å². The fraction of sp³-hybridized carbons (Fsp3) is 0.726. The number of carbonyl (C=O) groups excluding carboxylic acids is 1. The molecule has 3 unspecified atom stereocenters. The number of amides is 1. The Morgan fingerprint density at radius 3 is 1.25 bits per heavy atom. The molecule has 0 aromatic carbocycles. The van der Waals surface area contributed by atoms with E-state index in [-0.39, 0.29) is 19.1 Å². The number of unbranched alkanes of at least 4 members (excludes halogenated alkanes) is 25. The lowest BCUT2D eigenvalue weighted by Gasteiger charge is -2.29. The predicted octanol–water partition coefficient (Wildman–Crippen LogP) is 17.2. The zero-order valence-electron chi connectivity index (χ0n) is 46.6. The molecule has 0 aromatic heterocycles. The number of carbonyl (C=O) groups is 1. The van der Waals surface area contributed by atoms with Crippen molar-refractivity contribution >= 4 is 13.7 Å². The average molecular weight is 1010 g/mol. The first-order valence-electron chi connectivity index (χ1n) is 29.1. The fourth-order valence-corrected chi connectivity index (χ4v) is 8.74. The Balaban J connectivity index is 4.22. The molecule has 410 valence electrons. The molecule has 0 heterocycles. The number of aliphatic hydroxyl groups is 1. The second kappa shape index (κ2) is 52.3. The van der Waals surface area contributed by atoms with Gasteiger partial charge in [-0.1, -0.05) is 252 Å². The molecule has 0 spiro atoms. The summed E-state index contributed by atoms with van der Waals surface area (Å²) in [5, 5.41) is 13.9. The second-order valence-corrected chi connectivity index (χ2v) is 22.0. The minimum Gasteiger partial charge on any atom is -0.756 e. The highest BCUT2D eigenvalue weighted by atomic mass is 31.2. The largest absolute Gasteiger partial charge is 0.756 e. The number of quaternary nitrogens is 1. The highest BCUT2D eigenvalue weighted by Crippen LogP contribution is 2.38. The van der Waals surface area contributed by atoms with Crippen molar-refractivity contribution in [1.29, 1.82) is 0 Å². The zero-order chi connectivity index (χ0) is 52.0. The first-order valence-corrected chi connectivity index (χ1v) is 30.6. The second-order valence-electron chi connectivity index (χ2n) is 20.6. The highest BCUT2D eigenvalue weighted by molar-refractivity contribution is 7.45. The number of aliphatic hydroxyl groups excluding tert-OH is 1. The Bertz CT molecular complexity index is 1470. The molecule has 0 aromatic rings. The SMILES string of the molecule is CC/C=C\C/C=C\C/C=C\C/C=C\C/C=C\C/C=C\C/C=C\CCCCCCCCCCCC(=O)NC(COP(=O)([O-])OCC[N+](C)(C)C)C(O)/C=C/CCCCCCCCCCCCCCCCCC. The van der Waals surface area contributed by atoms with E-state index in [1.54, 1.807) is 6.08 Å². The van der Waals surface area contributed by atoms with Crippen molar-refractivity contribution in [3.63, 3.8) is 0 Å². The van der Waals surface area contributed by atoms with Crippen LogP contribution in [-0.2, 0) is 18.4 Å². The highest BCUT2D eigenvalue weighted by Gasteiger charge is 2.23. The molecule has 0 aliphatic rings. The van der Waals surface area contributed by atoms with Crippen LogP contribution in [0.25, 0.3) is 0 Å². The van der Waals surface area contributed by atoms with E-state index in [0.717, 1.165) is 89.9 Å². The molecule has 0 aliphatic carbocycles.